The van der Waals surface area contributed by atoms with Crippen LogP contribution in [0.2, 0.25) is 0 Å². The average Bonchev–Trinajstić information content (AvgIpc) is 2.49. The molecule has 1 heterocycles. The van der Waals surface area contributed by atoms with Crippen molar-refractivity contribution in [3.05, 3.63) is 21.7 Å². The first kappa shape index (κ1) is 11.0. The molecule has 0 aliphatic carbocycles. The second kappa shape index (κ2) is 5.62. The van der Waals surface area contributed by atoms with Crippen molar-refractivity contribution in [1.29, 1.82) is 0 Å². The molecule has 74 valence electrons. The monoisotopic (exact) mass is 295 g/mol. The van der Waals surface area contributed by atoms with Crippen molar-refractivity contribution in [2.75, 3.05) is 6.61 Å². The Balaban J connectivity index is 2.26. The van der Waals surface area contributed by atoms with Crippen LogP contribution in [0.1, 0.15) is 19.1 Å². The fourth-order valence-electron chi connectivity index (χ4n) is 1.02. The van der Waals surface area contributed by atoms with Gasteiger partial charge in [-0.05, 0) is 48.1 Å². The molecule has 1 aromatic rings. The van der Waals surface area contributed by atoms with E-state index in [4.69, 9.17) is 9.52 Å². The van der Waals surface area contributed by atoms with E-state index in [0.29, 0.717) is 6.04 Å². The third kappa shape index (κ3) is 4.10. The summed E-state index contributed by atoms with van der Waals surface area (Å²) in [6.45, 7) is 3.00. The van der Waals surface area contributed by atoms with Gasteiger partial charge < -0.3 is 14.8 Å². The first-order valence-electron chi connectivity index (χ1n) is 4.31. The molecule has 0 amide bonds. The number of aliphatic hydroxyl groups is 1. The van der Waals surface area contributed by atoms with Crippen molar-refractivity contribution in [2.45, 2.75) is 25.9 Å². The summed E-state index contributed by atoms with van der Waals surface area (Å²) in [6, 6.07) is 4.22. The Morgan fingerprint density at radius 3 is 2.92 bits per heavy atom. The lowest BCUT2D eigenvalue weighted by atomic mass is 10.2. The molecule has 0 radical (unpaired) electrons. The second-order valence-corrected chi connectivity index (χ2v) is 4.06. The third-order valence-electron chi connectivity index (χ3n) is 1.82. The lowest BCUT2D eigenvalue weighted by molar-refractivity contribution is 0.267. The van der Waals surface area contributed by atoms with Gasteiger partial charge in [-0.15, -0.1) is 0 Å². The van der Waals surface area contributed by atoms with Crippen molar-refractivity contribution < 1.29 is 9.52 Å². The predicted molar refractivity (Wildman–Crippen MR) is 59.4 cm³/mol. The molecule has 1 unspecified atom stereocenters. The van der Waals surface area contributed by atoms with Gasteiger partial charge in [0, 0.05) is 12.6 Å². The van der Waals surface area contributed by atoms with Gasteiger partial charge in [-0.25, -0.2) is 0 Å². The molecule has 0 spiro atoms. The zero-order valence-corrected chi connectivity index (χ0v) is 9.74. The highest BCUT2D eigenvalue weighted by molar-refractivity contribution is 14.1. The van der Waals surface area contributed by atoms with E-state index in [1.54, 1.807) is 0 Å². The van der Waals surface area contributed by atoms with E-state index in [0.717, 1.165) is 22.5 Å². The van der Waals surface area contributed by atoms with Crippen molar-refractivity contribution in [3.8, 4) is 0 Å². The molecule has 1 atom stereocenters. The lowest BCUT2D eigenvalue weighted by Gasteiger charge is -2.10. The molecule has 0 bridgehead atoms. The van der Waals surface area contributed by atoms with Gasteiger partial charge in [0.05, 0.1) is 6.54 Å². The summed E-state index contributed by atoms with van der Waals surface area (Å²) >= 11 is 2.14. The molecule has 0 saturated carbocycles. The number of nitrogens with one attached hydrogen (secondary N) is 1. The normalized spacial score (nSPS) is 13.2. The van der Waals surface area contributed by atoms with Crippen molar-refractivity contribution in [3.63, 3.8) is 0 Å². The molecule has 0 fully saturated rings. The largest absolute Gasteiger partial charge is 0.454 e. The van der Waals surface area contributed by atoms with Crippen LogP contribution < -0.4 is 5.32 Å². The SMILES string of the molecule is CC(CCO)NCc1ccc(I)o1. The summed E-state index contributed by atoms with van der Waals surface area (Å²) in [4.78, 5) is 0. The topological polar surface area (TPSA) is 45.4 Å². The highest BCUT2D eigenvalue weighted by atomic mass is 127. The number of hydrogen-bond donors (Lipinski definition) is 2. The second-order valence-electron chi connectivity index (χ2n) is 3.00. The predicted octanol–water partition coefficient (Wildman–Crippen LogP) is 1.74. The maximum Gasteiger partial charge on any atom is 0.164 e. The van der Waals surface area contributed by atoms with E-state index in [1.165, 1.54) is 0 Å². The Morgan fingerprint density at radius 2 is 2.38 bits per heavy atom. The Kier molecular flexibility index (Phi) is 4.76. The van der Waals surface area contributed by atoms with Gasteiger partial charge in [-0.3, -0.25) is 0 Å². The van der Waals surface area contributed by atoms with Crippen LogP contribution in [0.4, 0.5) is 0 Å². The average molecular weight is 295 g/mol. The molecule has 0 saturated heterocycles. The Morgan fingerprint density at radius 1 is 1.62 bits per heavy atom. The third-order valence-corrected chi connectivity index (χ3v) is 2.40. The van der Waals surface area contributed by atoms with E-state index in [2.05, 4.69) is 27.9 Å². The minimum atomic E-state index is 0.226. The molecule has 0 aliphatic heterocycles. The molecular formula is C9H14INO2. The van der Waals surface area contributed by atoms with Gasteiger partial charge in [0.1, 0.15) is 5.76 Å². The van der Waals surface area contributed by atoms with Crippen LogP contribution in [0.5, 0.6) is 0 Å². The highest BCUT2D eigenvalue weighted by Crippen LogP contribution is 2.09. The first-order chi connectivity index (χ1) is 6.22. The Hall–Kier alpha value is -0.0700. The number of halogens is 1. The van der Waals surface area contributed by atoms with Gasteiger partial charge in [0.15, 0.2) is 3.77 Å². The van der Waals surface area contributed by atoms with Crippen LogP contribution in [-0.2, 0) is 6.54 Å². The molecule has 0 aliphatic rings. The lowest BCUT2D eigenvalue weighted by Crippen LogP contribution is -2.26. The minimum Gasteiger partial charge on any atom is -0.454 e. The van der Waals surface area contributed by atoms with Crippen molar-refractivity contribution in [2.24, 2.45) is 0 Å². The summed E-state index contributed by atoms with van der Waals surface area (Å²) < 4.78 is 6.28. The maximum atomic E-state index is 8.67. The van der Waals surface area contributed by atoms with E-state index in [-0.39, 0.29) is 6.61 Å². The highest BCUT2D eigenvalue weighted by Gasteiger charge is 2.02. The molecule has 4 heteroatoms. The fraction of sp³-hybridized carbons (Fsp3) is 0.556. The van der Waals surface area contributed by atoms with E-state index in [1.807, 2.05) is 19.1 Å². The van der Waals surface area contributed by atoms with Crippen LogP contribution >= 0.6 is 22.6 Å². The summed E-state index contributed by atoms with van der Waals surface area (Å²) in [6.07, 6.45) is 0.776. The van der Waals surface area contributed by atoms with Crippen LogP contribution in [0.3, 0.4) is 0 Å². The summed E-state index contributed by atoms with van der Waals surface area (Å²) in [5.74, 6) is 0.939. The number of hydrogen-bond acceptors (Lipinski definition) is 3. The van der Waals surface area contributed by atoms with Crippen LogP contribution in [-0.4, -0.2) is 17.8 Å². The van der Waals surface area contributed by atoms with Crippen LogP contribution in [0.15, 0.2) is 16.5 Å². The fourth-order valence-corrected chi connectivity index (χ4v) is 1.48. The molecular weight excluding hydrogens is 281 g/mol. The number of aliphatic hydroxyl groups excluding tert-OH is 1. The summed E-state index contributed by atoms with van der Waals surface area (Å²) in [5.41, 5.74) is 0. The smallest absolute Gasteiger partial charge is 0.164 e. The van der Waals surface area contributed by atoms with Crippen molar-refractivity contribution in [1.82, 2.24) is 5.32 Å². The Labute approximate surface area is 91.7 Å². The molecule has 0 aromatic carbocycles. The van der Waals surface area contributed by atoms with Gasteiger partial charge >= 0.3 is 0 Å². The van der Waals surface area contributed by atoms with Crippen LogP contribution in [0, 0.1) is 3.77 Å². The zero-order valence-electron chi connectivity index (χ0n) is 7.59. The molecule has 1 aromatic heterocycles. The number of furan rings is 1. The minimum absolute atomic E-state index is 0.226. The number of rotatable bonds is 5. The first-order valence-corrected chi connectivity index (χ1v) is 5.38. The molecule has 1 rings (SSSR count). The van der Waals surface area contributed by atoms with E-state index >= 15 is 0 Å². The Bertz CT molecular complexity index is 250. The molecule has 13 heavy (non-hydrogen) atoms. The van der Waals surface area contributed by atoms with E-state index < -0.39 is 0 Å². The molecule has 2 N–H and O–H groups in total. The zero-order chi connectivity index (χ0) is 9.68. The van der Waals surface area contributed by atoms with E-state index in [9.17, 15) is 0 Å². The van der Waals surface area contributed by atoms with Gasteiger partial charge in [-0.2, -0.15) is 0 Å². The quantitative estimate of drug-likeness (QED) is 0.813. The van der Waals surface area contributed by atoms with Gasteiger partial charge in [-0.1, -0.05) is 0 Å². The molecule has 3 nitrogen and oxygen atoms in total. The standard InChI is InChI=1S/C9H14INO2/c1-7(4-5-12)11-6-8-2-3-9(10)13-8/h2-3,7,11-12H,4-6H2,1H3. The summed E-state index contributed by atoms with van der Waals surface area (Å²) in [7, 11) is 0. The maximum absolute atomic E-state index is 8.67. The van der Waals surface area contributed by atoms with Crippen molar-refractivity contribution >= 4 is 22.6 Å². The van der Waals surface area contributed by atoms with Gasteiger partial charge in [0.25, 0.3) is 0 Å². The van der Waals surface area contributed by atoms with Crippen LogP contribution in [0.25, 0.3) is 0 Å². The summed E-state index contributed by atoms with van der Waals surface area (Å²) in [5, 5.41) is 11.9. The van der Waals surface area contributed by atoms with Gasteiger partial charge in [0.2, 0.25) is 0 Å².